The van der Waals surface area contributed by atoms with E-state index in [1.807, 2.05) is 54.0 Å². The number of carbonyl (C=O) groups is 2. The van der Waals surface area contributed by atoms with Gasteiger partial charge in [0.05, 0.1) is 11.0 Å². The van der Waals surface area contributed by atoms with Gasteiger partial charge in [0.2, 0.25) is 5.95 Å². The van der Waals surface area contributed by atoms with Gasteiger partial charge < -0.3 is 4.57 Å². The molecule has 0 fully saturated rings. The molecule has 1 N–H and O–H groups in total. The molecule has 4 rings (SSSR count). The smallest absolute Gasteiger partial charge is 0.257 e. The number of anilines is 1. The van der Waals surface area contributed by atoms with Crippen molar-refractivity contribution in [2.24, 2.45) is 0 Å². The lowest BCUT2D eigenvalue weighted by molar-refractivity contribution is 0.0984. The molecule has 2 aromatic carbocycles. The number of ketones is 1. The lowest BCUT2D eigenvalue weighted by Gasteiger charge is -2.10. The molecular weight excluding hydrogens is 376 g/mol. The highest BCUT2D eigenvalue weighted by atomic mass is 16.2. The highest BCUT2D eigenvalue weighted by molar-refractivity contribution is 6.05. The van der Waals surface area contributed by atoms with Gasteiger partial charge in [-0.05, 0) is 36.4 Å². The Morgan fingerprint density at radius 1 is 0.933 bits per heavy atom. The Kier molecular flexibility index (Phi) is 5.66. The first-order valence-electron chi connectivity index (χ1n) is 9.95. The zero-order chi connectivity index (χ0) is 20.9. The van der Waals surface area contributed by atoms with Gasteiger partial charge in [-0.2, -0.15) is 0 Å². The first kappa shape index (κ1) is 19.5. The average Bonchev–Trinajstić information content (AvgIpc) is 3.14. The molecule has 6 nitrogen and oxygen atoms in total. The lowest BCUT2D eigenvalue weighted by atomic mass is 10.1. The second-order valence-electron chi connectivity index (χ2n) is 6.96. The number of hydrogen-bond donors (Lipinski definition) is 1. The van der Waals surface area contributed by atoms with E-state index >= 15 is 0 Å². The zero-order valence-corrected chi connectivity index (χ0v) is 16.7. The highest BCUT2D eigenvalue weighted by Crippen LogP contribution is 2.21. The van der Waals surface area contributed by atoms with Gasteiger partial charge in [0, 0.05) is 42.4 Å². The summed E-state index contributed by atoms with van der Waals surface area (Å²) in [4.78, 5) is 33.6. The zero-order valence-electron chi connectivity index (χ0n) is 16.7. The number of aryl methyl sites for hydroxylation is 2. The third kappa shape index (κ3) is 4.12. The number of Topliss-reactive ketones (excluding diaryl/α,β-unsaturated/α-hetero) is 1. The number of carbonyl (C=O) groups excluding carboxylic acids is 2. The van der Waals surface area contributed by atoms with Crippen molar-refractivity contribution in [2.45, 2.75) is 26.3 Å². The molecule has 0 saturated carbocycles. The third-order valence-electron chi connectivity index (χ3n) is 4.99. The Morgan fingerprint density at radius 2 is 1.67 bits per heavy atom. The van der Waals surface area contributed by atoms with Crippen molar-refractivity contribution in [2.75, 3.05) is 5.32 Å². The van der Waals surface area contributed by atoms with Gasteiger partial charge in [0.25, 0.3) is 5.91 Å². The minimum atomic E-state index is -0.264. The second kappa shape index (κ2) is 8.69. The highest BCUT2D eigenvalue weighted by Gasteiger charge is 2.15. The number of para-hydroxylation sites is 2. The van der Waals surface area contributed by atoms with E-state index in [9.17, 15) is 9.59 Å². The Bertz CT molecular complexity index is 1180. The van der Waals surface area contributed by atoms with Gasteiger partial charge in [-0.15, -0.1) is 0 Å². The van der Waals surface area contributed by atoms with E-state index in [-0.39, 0.29) is 11.7 Å². The van der Waals surface area contributed by atoms with Crippen LogP contribution in [0.4, 0.5) is 5.95 Å². The Labute approximate surface area is 174 Å². The lowest BCUT2D eigenvalue weighted by Crippen LogP contribution is -2.17. The van der Waals surface area contributed by atoms with Crippen molar-refractivity contribution >= 4 is 28.7 Å². The standard InChI is InChI=1S/C24H22N4O2/c1-2-22(29)17-10-12-18(13-11-17)23(30)27-24-26-20-8-3-4-9-21(20)28(24)16-14-19-7-5-6-15-25-19/h3-13,15H,2,14,16H2,1H3,(H,26,27,30). The van der Waals surface area contributed by atoms with Crippen molar-refractivity contribution in [3.8, 4) is 0 Å². The maximum absolute atomic E-state index is 12.8. The number of pyridine rings is 1. The molecular formula is C24H22N4O2. The number of benzene rings is 2. The summed E-state index contributed by atoms with van der Waals surface area (Å²) in [6.45, 7) is 2.45. The predicted molar refractivity (Wildman–Crippen MR) is 117 cm³/mol. The maximum atomic E-state index is 12.8. The SMILES string of the molecule is CCC(=O)c1ccc(C(=O)Nc2nc3ccccc3n2CCc2ccccn2)cc1. The quantitative estimate of drug-likeness (QED) is 0.464. The van der Waals surface area contributed by atoms with Crippen LogP contribution in [-0.4, -0.2) is 26.2 Å². The summed E-state index contributed by atoms with van der Waals surface area (Å²) in [7, 11) is 0. The normalized spacial score (nSPS) is 10.8. The fourth-order valence-corrected chi connectivity index (χ4v) is 3.35. The molecule has 150 valence electrons. The largest absolute Gasteiger partial charge is 0.310 e. The summed E-state index contributed by atoms with van der Waals surface area (Å²) < 4.78 is 2.00. The van der Waals surface area contributed by atoms with E-state index in [0.29, 0.717) is 30.0 Å². The van der Waals surface area contributed by atoms with Crippen LogP contribution in [0.15, 0.2) is 72.9 Å². The van der Waals surface area contributed by atoms with Crippen molar-refractivity contribution in [1.82, 2.24) is 14.5 Å². The summed E-state index contributed by atoms with van der Waals surface area (Å²) >= 11 is 0. The number of aromatic nitrogens is 3. The van der Waals surface area contributed by atoms with E-state index in [2.05, 4.69) is 15.3 Å². The summed E-state index contributed by atoms with van der Waals surface area (Å²) in [5, 5.41) is 2.92. The molecule has 2 heterocycles. The first-order valence-corrected chi connectivity index (χ1v) is 9.95. The molecule has 4 aromatic rings. The molecule has 0 saturated heterocycles. The number of rotatable bonds is 7. The molecule has 6 heteroatoms. The molecule has 1 amide bonds. The number of hydrogen-bond acceptors (Lipinski definition) is 4. The van der Waals surface area contributed by atoms with Crippen molar-refractivity contribution in [1.29, 1.82) is 0 Å². The third-order valence-corrected chi connectivity index (χ3v) is 4.99. The summed E-state index contributed by atoms with van der Waals surface area (Å²) in [6, 6.07) is 20.3. The Morgan fingerprint density at radius 3 is 2.40 bits per heavy atom. The van der Waals surface area contributed by atoms with Crippen LogP contribution in [-0.2, 0) is 13.0 Å². The minimum Gasteiger partial charge on any atom is -0.310 e. The minimum absolute atomic E-state index is 0.0540. The van der Waals surface area contributed by atoms with Crippen LogP contribution in [0.3, 0.4) is 0 Å². The molecule has 0 aliphatic rings. The second-order valence-corrected chi connectivity index (χ2v) is 6.96. The van der Waals surface area contributed by atoms with Crippen LogP contribution in [0.1, 0.15) is 39.8 Å². The number of fused-ring (bicyclic) bond motifs is 1. The van der Waals surface area contributed by atoms with Gasteiger partial charge in [-0.3, -0.25) is 19.9 Å². The maximum Gasteiger partial charge on any atom is 0.257 e. The number of nitrogens with one attached hydrogen (secondary N) is 1. The molecule has 0 atom stereocenters. The van der Waals surface area contributed by atoms with Crippen LogP contribution in [0, 0.1) is 0 Å². The van der Waals surface area contributed by atoms with E-state index < -0.39 is 0 Å². The average molecular weight is 398 g/mol. The van der Waals surface area contributed by atoms with E-state index in [4.69, 9.17) is 0 Å². The van der Waals surface area contributed by atoms with Gasteiger partial charge in [0.1, 0.15) is 0 Å². The molecule has 0 aliphatic heterocycles. The van der Waals surface area contributed by atoms with Crippen LogP contribution in [0.2, 0.25) is 0 Å². The molecule has 30 heavy (non-hydrogen) atoms. The van der Waals surface area contributed by atoms with E-state index in [0.717, 1.165) is 23.1 Å². The van der Waals surface area contributed by atoms with Crippen LogP contribution in [0.5, 0.6) is 0 Å². The monoisotopic (exact) mass is 398 g/mol. The van der Waals surface area contributed by atoms with Gasteiger partial charge in [-0.25, -0.2) is 4.98 Å². The van der Waals surface area contributed by atoms with Crippen LogP contribution < -0.4 is 5.32 Å². The molecule has 0 aliphatic carbocycles. The Balaban J connectivity index is 1.58. The van der Waals surface area contributed by atoms with E-state index in [1.54, 1.807) is 30.5 Å². The molecule has 0 bridgehead atoms. The summed E-state index contributed by atoms with van der Waals surface area (Å²) in [5.41, 5.74) is 3.83. The van der Waals surface area contributed by atoms with Gasteiger partial charge in [0.15, 0.2) is 5.78 Å². The molecule has 0 spiro atoms. The van der Waals surface area contributed by atoms with Gasteiger partial charge >= 0.3 is 0 Å². The predicted octanol–water partition coefficient (Wildman–Crippen LogP) is 4.52. The van der Waals surface area contributed by atoms with Crippen LogP contribution in [0.25, 0.3) is 11.0 Å². The summed E-state index contributed by atoms with van der Waals surface area (Å²) in [6.07, 6.45) is 2.93. The summed E-state index contributed by atoms with van der Waals surface area (Å²) in [5.74, 6) is 0.281. The van der Waals surface area contributed by atoms with Crippen LogP contribution >= 0.6 is 0 Å². The van der Waals surface area contributed by atoms with Crippen molar-refractivity contribution < 1.29 is 9.59 Å². The molecule has 0 unspecified atom stereocenters. The number of nitrogens with zero attached hydrogens (tertiary/aromatic N) is 3. The number of amides is 1. The molecule has 2 aromatic heterocycles. The fourth-order valence-electron chi connectivity index (χ4n) is 3.35. The Hall–Kier alpha value is -3.80. The van der Waals surface area contributed by atoms with E-state index in [1.165, 1.54) is 0 Å². The molecule has 0 radical (unpaired) electrons. The topological polar surface area (TPSA) is 76.9 Å². The number of imidazole rings is 1. The van der Waals surface area contributed by atoms with Crippen molar-refractivity contribution in [3.05, 3.63) is 89.7 Å². The van der Waals surface area contributed by atoms with Crippen molar-refractivity contribution in [3.63, 3.8) is 0 Å². The first-order chi connectivity index (χ1) is 14.7. The fraction of sp³-hybridized carbons (Fsp3) is 0.167. The van der Waals surface area contributed by atoms with Gasteiger partial charge in [-0.1, -0.05) is 37.3 Å².